The fourth-order valence-electron chi connectivity index (χ4n) is 2.30. The second-order valence-corrected chi connectivity index (χ2v) is 5.81. The van der Waals surface area contributed by atoms with Crippen LogP contribution in [0.15, 0.2) is 0 Å². The Balaban J connectivity index is 2.12. The fourth-order valence-corrected chi connectivity index (χ4v) is 3.34. The van der Waals surface area contributed by atoms with Gasteiger partial charge in [-0.05, 0) is 13.3 Å². The van der Waals surface area contributed by atoms with Gasteiger partial charge >= 0.3 is 0 Å². The quantitative estimate of drug-likeness (QED) is 0.768. The van der Waals surface area contributed by atoms with E-state index in [-0.39, 0.29) is 12.0 Å². The third-order valence-corrected chi connectivity index (χ3v) is 4.74. The topological polar surface area (TPSA) is 85.6 Å². The van der Waals surface area contributed by atoms with Gasteiger partial charge in [-0.15, -0.1) is 11.3 Å². The van der Waals surface area contributed by atoms with Gasteiger partial charge < -0.3 is 25.8 Å². The summed E-state index contributed by atoms with van der Waals surface area (Å²) in [6, 6.07) is 0. The summed E-state index contributed by atoms with van der Waals surface area (Å²) < 4.78 is 10.8. The van der Waals surface area contributed by atoms with E-state index < -0.39 is 0 Å². The van der Waals surface area contributed by atoms with Crippen molar-refractivity contribution in [1.29, 1.82) is 0 Å². The summed E-state index contributed by atoms with van der Waals surface area (Å²) in [6.07, 6.45) is 1.30. The summed E-state index contributed by atoms with van der Waals surface area (Å²) in [5.41, 5.74) is 6.35. The molecule has 2 heterocycles. The minimum Gasteiger partial charge on any atom is -0.492 e. The highest BCUT2D eigenvalue weighted by Gasteiger charge is 2.26. The average molecular weight is 299 g/mol. The van der Waals surface area contributed by atoms with Crippen molar-refractivity contribution in [2.24, 2.45) is 5.92 Å². The molecule has 0 saturated carbocycles. The number of hydrogen-bond acceptors (Lipinski definition) is 6. The Bertz CT molecular complexity index is 489. The largest absolute Gasteiger partial charge is 0.492 e. The number of nitrogens with two attached hydrogens (primary N) is 1. The van der Waals surface area contributed by atoms with E-state index in [1.807, 2.05) is 0 Å². The van der Waals surface area contributed by atoms with Crippen LogP contribution in [-0.2, 0) is 4.74 Å². The van der Waals surface area contributed by atoms with Crippen LogP contribution in [0.1, 0.15) is 23.0 Å². The summed E-state index contributed by atoms with van der Waals surface area (Å²) in [4.78, 5) is 12.2. The maximum Gasteiger partial charge on any atom is 0.263 e. The number of nitrogen functional groups attached to an aromatic ring is 1. The van der Waals surface area contributed by atoms with E-state index in [0.29, 0.717) is 22.2 Å². The van der Waals surface area contributed by atoms with E-state index in [2.05, 4.69) is 17.6 Å². The van der Waals surface area contributed by atoms with Crippen molar-refractivity contribution in [3.8, 4) is 5.75 Å². The van der Waals surface area contributed by atoms with Gasteiger partial charge in [-0.1, -0.05) is 0 Å². The molecule has 0 aromatic carbocycles. The van der Waals surface area contributed by atoms with Crippen LogP contribution in [0.3, 0.4) is 0 Å². The second-order valence-electron chi connectivity index (χ2n) is 4.79. The van der Waals surface area contributed by atoms with Gasteiger partial charge in [0.05, 0.1) is 13.2 Å². The van der Waals surface area contributed by atoms with Crippen LogP contribution in [0.2, 0.25) is 0 Å². The van der Waals surface area contributed by atoms with Crippen molar-refractivity contribution in [1.82, 2.24) is 5.32 Å². The molecule has 1 aromatic heterocycles. The highest BCUT2D eigenvalue weighted by Crippen LogP contribution is 2.42. The predicted molar refractivity (Wildman–Crippen MR) is 80.7 cm³/mol. The number of carbonyl (C=O) groups is 1. The molecule has 0 radical (unpaired) electrons. The first kappa shape index (κ1) is 14.9. The van der Waals surface area contributed by atoms with Crippen LogP contribution in [0.5, 0.6) is 5.75 Å². The summed E-state index contributed by atoms with van der Waals surface area (Å²) >= 11 is 1.31. The van der Waals surface area contributed by atoms with E-state index in [4.69, 9.17) is 15.2 Å². The summed E-state index contributed by atoms with van der Waals surface area (Å²) in [5, 5.41) is 6.70. The van der Waals surface area contributed by atoms with E-state index in [9.17, 15) is 4.79 Å². The molecule has 4 N–H and O–H groups in total. The zero-order valence-corrected chi connectivity index (χ0v) is 12.8. The molecule has 6 nitrogen and oxygen atoms in total. The lowest BCUT2D eigenvalue weighted by Gasteiger charge is -2.15. The Kier molecular flexibility index (Phi) is 4.72. The lowest BCUT2D eigenvalue weighted by molar-refractivity contribution is 0.0967. The first-order valence-electron chi connectivity index (χ1n) is 6.62. The van der Waals surface area contributed by atoms with Crippen LogP contribution < -0.4 is 21.1 Å². The van der Waals surface area contributed by atoms with Crippen LogP contribution in [0.4, 0.5) is 10.7 Å². The van der Waals surface area contributed by atoms with Crippen LogP contribution in [0.25, 0.3) is 0 Å². The van der Waals surface area contributed by atoms with Crippen molar-refractivity contribution in [2.75, 3.05) is 38.4 Å². The number of anilines is 2. The van der Waals surface area contributed by atoms with Crippen molar-refractivity contribution in [3.05, 3.63) is 4.88 Å². The molecule has 1 fully saturated rings. The van der Waals surface area contributed by atoms with E-state index >= 15 is 0 Å². The van der Waals surface area contributed by atoms with Gasteiger partial charge in [0, 0.05) is 26.1 Å². The Labute approximate surface area is 122 Å². The lowest BCUT2D eigenvalue weighted by Crippen LogP contribution is -2.20. The Hall–Kier alpha value is -1.47. The van der Waals surface area contributed by atoms with Crippen molar-refractivity contribution in [2.45, 2.75) is 19.4 Å². The van der Waals surface area contributed by atoms with Crippen molar-refractivity contribution in [3.63, 3.8) is 0 Å². The molecule has 2 atom stereocenters. The van der Waals surface area contributed by atoms with E-state index in [1.54, 1.807) is 14.2 Å². The van der Waals surface area contributed by atoms with Crippen molar-refractivity contribution >= 4 is 27.9 Å². The monoisotopic (exact) mass is 299 g/mol. The first-order valence-corrected chi connectivity index (χ1v) is 7.44. The molecule has 1 aliphatic rings. The van der Waals surface area contributed by atoms with Crippen LogP contribution in [-0.4, -0.2) is 39.3 Å². The summed E-state index contributed by atoms with van der Waals surface area (Å²) in [7, 11) is 3.14. The van der Waals surface area contributed by atoms with Crippen LogP contribution >= 0.6 is 11.3 Å². The Morgan fingerprint density at radius 3 is 2.90 bits per heavy atom. The highest BCUT2D eigenvalue weighted by atomic mass is 32.1. The fraction of sp³-hybridized carbons (Fsp3) is 0.615. The van der Waals surface area contributed by atoms with Gasteiger partial charge in [0.1, 0.15) is 15.6 Å². The maximum atomic E-state index is 11.7. The zero-order valence-electron chi connectivity index (χ0n) is 12.0. The number of hydrogen-bond donors (Lipinski definition) is 3. The minimum atomic E-state index is -0.198. The molecule has 0 aliphatic carbocycles. The number of thiophene rings is 1. The molecular weight excluding hydrogens is 278 g/mol. The third-order valence-electron chi connectivity index (χ3n) is 3.60. The van der Waals surface area contributed by atoms with Gasteiger partial charge in [0.25, 0.3) is 5.91 Å². The van der Waals surface area contributed by atoms with Crippen molar-refractivity contribution < 1.29 is 14.3 Å². The molecule has 2 rings (SSSR count). The summed E-state index contributed by atoms with van der Waals surface area (Å²) in [6.45, 7) is 3.67. The second kappa shape index (κ2) is 6.32. The van der Waals surface area contributed by atoms with Gasteiger partial charge in [0.15, 0.2) is 5.75 Å². The summed E-state index contributed by atoms with van der Waals surface area (Å²) in [5.74, 6) is 0.808. The number of methoxy groups -OCH3 is 1. The van der Waals surface area contributed by atoms with Gasteiger partial charge in [-0.25, -0.2) is 0 Å². The molecule has 1 amide bonds. The lowest BCUT2D eigenvalue weighted by atomic mass is 10.0. The smallest absolute Gasteiger partial charge is 0.263 e. The normalized spacial score (nSPS) is 21.8. The molecule has 0 spiro atoms. The molecule has 7 heteroatoms. The Morgan fingerprint density at radius 1 is 1.60 bits per heavy atom. The minimum absolute atomic E-state index is 0.198. The maximum absolute atomic E-state index is 11.7. The third kappa shape index (κ3) is 2.83. The number of amides is 1. The zero-order chi connectivity index (χ0) is 14.7. The molecular formula is C13H21N3O3S. The molecule has 1 aliphatic heterocycles. The highest BCUT2D eigenvalue weighted by molar-refractivity contribution is 7.19. The molecule has 1 saturated heterocycles. The Morgan fingerprint density at radius 2 is 2.35 bits per heavy atom. The van der Waals surface area contributed by atoms with Gasteiger partial charge in [0.2, 0.25) is 0 Å². The number of carbonyl (C=O) groups excluding carboxylic acids is 1. The van der Waals surface area contributed by atoms with Gasteiger partial charge in [-0.3, -0.25) is 4.79 Å². The van der Waals surface area contributed by atoms with E-state index in [1.165, 1.54) is 11.3 Å². The number of rotatable bonds is 5. The molecule has 1 aromatic rings. The van der Waals surface area contributed by atoms with Crippen LogP contribution in [0, 0.1) is 5.92 Å². The standard InChI is InChI=1S/C13H21N3O3S/c1-7-8(4-5-19-7)6-16-13-10(18-3)9(14)11(20-13)12(17)15-2/h7-8,16H,4-6,14H2,1-3H3,(H,15,17). The molecule has 0 bridgehead atoms. The molecule has 2 unspecified atom stereocenters. The number of ether oxygens (including phenoxy) is 2. The SMILES string of the molecule is CNC(=O)c1sc(NCC2CCOC2C)c(OC)c1N. The first-order chi connectivity index (χ1) is 9.58. The average Bonchev–Trinajstić information content (AvgIpc) is 2.99. The number of nitrogens with one attached hydrogen (secondary N) is 2. The van der Waals surface area contributed by atoms with E-state index in [0.717, 1.165) is 24.6 Å². The predicted octanol–water partition coefficient (Wildman–Crippen LogP) is 1.54. The molecule has 112 valence electrons. The molecule has 20 heavy (non-hydrogen) atoms. The van der Waals surface area contributed by atoms with Gasteiger partial charge in [-0.2, -0.15) is 0 Å².